The lowest BCUT2D eigenvalue weighted by Crippen LogP contribution is -2.51. The van der Waals surface area contributed by atoms with E-state index in [9.17, 15) is 19.8 Å². The molecule has 51 heavy (non-hydrogen) atoms. The lowest BCUT2D eigenvalue weighted by Gasteiger charge is -2.29. The van der Waals surface area contributed by atoms with Gasteiger partial charge in [-0.15, -0.1) is 0 Å². The van der Waals surface area contributed by atoms with Gasteiger partial charge in [0.1, 0.15) is 0 Å². The van der Waals surface area contributed by atoms with Crippen LogP contribution in [0.2, 0.25) is 0 Å². The first-order chi connectivity index (χ1) is 25.0. The maximum absolute atomic E-state index is 12.1. The van der Waals surface area contributed by atoms with Crippen LogP contribution in [-0.4, -0.2) is 83.3 Å². The highest BCUT2D eigenvalue weighted by atomic mass is 16.3. The third kappa shape index (κ3) is 30.0. The van der Waals surface area contributed by atoms with E-state index >= 15 is 0 Å². The number of rotatable bonds is 35. The Morgan fingerprint density at radius 2 is 1.06 bits per heavy atom. The number of carbonyl (C=O) groups excluding carboxylic acids is 2. The summed E-state index contributed by atoms with van der Waals surface area (Å²) in [5, 5.41) is 24.4. The van der Waals surface area contributed by atoms with Gasteiger partial charge >= 0.3 is 0 Å². The van der Waals surface area contributed by atoms with E-state index < -0.39 is 12.2 Å². The van der Waals surface area contributed by atoms with Crippen LogP contribution in [0.5, 0.6) is 0 Å². The van der Waals surface area contributed by atoms with Crippen LogP contribution in [0.3, 0.4) is 0 Å². The van der Waals surface area contributed by atoms with Crippen molar-refractivity contribution in [3.63, 3.8) is 0 Å². The third-order valence-corrected chi connectivity index (χ3v) is 9.69. The van der Waals surface area contributed by atoms with Crippen LogP contribution in [0.25, 0.3) is 0 Å². The second-order valence-electron chi connectivity index (χ2n) is 14.7. The Balaban J connectivity index is 2.31. The number of aliphatic hydroxyl groups excluding tert-OH is 2. The van der Waals surface area contributed by atoms with E-state index in [1.165, 1.54) is 77.0 Å². The summed E-state index contributed by atoms with van der Waals surface area (Å²) in [5.74, 6) is -0.128. The largest absolute Gasteiger partial charge is 0.392 e. The number of piperazine rings is 1. The average molecular weight is 714 g/mol. The molecule has 0 aromatic heterocycles. The molecule has 0 aromatic carbocycles. The SMILES string of the molecule is CCCCC/C=C\C/C=C\CCCCCCC(O)CN(CCCCN1CC(=O)NCC1=O)CC(O)CCCCCC/C=C\C/C=C\CCCCC. The fourth-order valence-corrected chi connectivity index (χ4v) is 6.51. The van der Waals surface area contributed by atoms with Crippen molar-refractivity contribution in [2.75, 3.05) is 39.3 Å². The van der Waals surface area contributed by atoms with Crippen molar-refractivity contribution in [3.05, 3.63) is 48.6 Å². The van der Waals surface area contributed by atoms with Gasteiger partial charge < -0.3 is 20.4 Å². The Hall–Kier alpha value is -2.22. The zero-order valence-electron chi connectivity index (χ0n) is 33.1. The molecule has 7 nitrogen and oxygen atoms in total. The van der Waals surface area contributed by atoms with Crippen molar-refractivity contribution in [3.8, 4) is 0 Å². The minimum absolute atomic E-state index is 0.0278. The maximum Gasteiger partial charge on any atom is 0.242 e. The fourth-order valence-electron chi connectivity index (χ4n) is 6.51. The molecule has 7 heteroatoms. The molecule has 1 rings (SSSR count). The van der Waals surface area contributed by atoms with E-state index in [-0.39, 0.29) is 24.9 Å². The molecule has 0 aliphatic carbocycles. The Kier molecular flexibility index (Phi) is 32.0. The standard InChI is InChI=1S/C44H79N3O4/c1-3-5-7-9-11-13-15-17-19-21-23-25-27-29-33-41(48)38-46(35-31-32-36-47-40-43(50)45-37-44(47)51)39-42(49)34-30-28-26-24-22-20-18-16-14-12-10-8-6-4-2/h11-14,17-20,41-42,48-49H,3-10,15-16,21-40H2,1-2H3,(H,45,50)/b13-11-,14-12-,19-17-,20-18-. The number of hydrogen-bond acceptors (Lipinski definition) is 5. The van der Waals surface area contributed by atoms with E-state index in [0.717, 1.165) is 83.6 Å². The van der Waals surface area contributed by atoms with Crippen LogP contribution in [-0.2, 0) is 9.59 Å². The average Bonchev–Trinajstić information content (AvgIpc) is 3.11. The van der Waals surface area contributed by atoms with Crippen LogP contribution in [0, 0.1) is 0 Å². The zero-order valence-corrected chi connectivity index (χ0v) is 33.1. The van der Waals surface area contributed by atoms with Crippen LogP contribution in [0.4, 0.5) is 0 Å². The highest BCUT2D eigenvalue weighted by Gasteiger charge is 2.22. The monoisotopic (exact) mass is 714 g/mol. The van der Waals surface area contributed by atoms with Crippen molar-refractivity contribution >= 4 is 11.8 Å². The van der Waals surface area contributed by atoms with Gasteiger partial charge in [-0.1, -0.05) is 127 Å². The van der Waals surface area contributed by atoms with Gasteiger partial charge in [-0.2, -0.15) is 0 Å². The minimum atomic E-state index is -0.404. The molecule has 294 valence electrons. The Morgan fingerprint density at radius 1 is 0.608 bits per heavy atom. The molecule has 1 heterocycles. The summed E-state index contributed by atoms with van der Waals surface area (Å²) in [6.07, 6.45) is 44.3. The smallest absolute Gasteiger partial charge is 0.242 e. The number of nitrogens with zero attached hydrogens (tertiary/aromatic N) is 2. The van der Waals surface area contributed by atoms with Gasteiger partial charge in [0, 0.05) is 19.6 Å². The fraction of sp³-hybridized carbons (Fsp3) is 0.773. The molecule has 1 fully saturated rings. The van der Waals surface area contributed by atoms with Crippen LogP contribution in [0.1, 0.15) is 168 Å². The molecule has 2 unspecified atom stereocenters. The van der Waals surface area contributed by atoms with Crippen molar-refractivity contribution in [1.82, 2.24) is 15.1 Å². The summed E-state index contributed by atoms with van der Waals surface area (Å²) >= 11 is 0. The van der Waals surface area contributed by atoms with Crippen molar-refractivity contribution in [2.24, 2.45) is 0 Å². The van der Waals surface area contributed by atoms with E-state index in [1.807, 2.05) is 0 Å². The number of carbonyl (C=O) groups is 2. The quantitative estimate of drug-likeness (QED) is 0.0450. The number of aliphatic hydroxyl groups is 2. The second-order valence-corrected chi connectivity index (χ2v) is 14.7. The van der Waals surface area contributed by atoms with Crippen molar-refractivity contribution in [1.29, 1.82) is 0 Å². The van der Waals surface area contributed by atoms with E-state index in [4.69, 9.17) is 0 Å². The maximum atomic E-state index is 12.1. The van der Waals surface area contributed by atoms with Crippen molar-refractivity contribution < 1.29 is 19.8 Å². The van der Waals surface area contributed by atoms with E-state index in [2.05, 4.69) is 72.7 Å². The Morgan fingerprint density at radius 3 is 1.53 bits per heavy atom. The molecule has 1 saturated heterocycles. The first-order valence-electron chi connectivity index (χ1n) is 21.2. The summed E-state index contributed by atoms with van der Waals surface area (Å²) in [4.78, 5) is 27.7. The number of hydrogen-bond donors (Lipinski definition) is 3. The summed E-state index contributed by atoms with van der Waals surface area (Å²) in [6, 6.07) is 0. The normalized spacial score (nSPS) is 15.4. The number of allylic oxidation sites excluding steroid dienone is 8. The van der Waals surface area contributed by atoms with Gasteiger partial charge in [0.2, 0.25) is 11.8 Å². The molecule has 3 N–H and O–H groups in total. The summed E-state index contributed by atoms with van der Waals surface area (Å²) in [5.41, 5.74) is 0. The lowest BCUT2D eigenvalue weighted by atomic mass is 10.1. The third-order valence-electron chi connectivity index (χ3n) is 9.69. The van der Waals surface area contributed by atoms with Gasteiger partial charge in [0.05, 0.1) is 25.3 Å². The minimum Gasteiger partial charge on any atom is -0.392 e. The van der Waals surface area contributed by atoms with Gasteiger partial charge in [0.15, 0.2) is 0 Å². The predicted molar refractivity (Wildman–Crippen MR) is 217 cm³/mol. The summed E-state index contributed by atoms with van der Waals surface area (Å²) in [6.45, 7) is 7.18. The van der Waals surface area contributed by atoms with E-state index in [1.54, 1.807) is 4.90 Å². The number of nitrogens with one attached hydrogen (secondary N) is 1. The Labute approximate surface area is 314 Å². The summed E-state index contributed by atoms with van der Waals surface area (Å²) in [7, 11) is 0. The number of amides is 2. The van der Waals surface area contributed by atoms with E-state index in [0.29, 0.717) is 19.6 Å². The summed E-state index contributed by atoms with van der Waals surface area (Å²) < 4.78 is 0. The van der Waals surface area contributed by atoms with Crippen LogP contribution >= 0.6 is 0 Å². The molecule has 0 spiro atoms. The molecular weight excluding hydrogens is 635 g/mol. The molecular formula is C44H79N3O4. The van der Waals surface area contributed by atoms with Gasteiger partial charge in [-0.25, -0.2) is 0 Å². The molecule has 1 aliphatic rings. The predicted octanol–water partition coefficient (Wildman–Crippen LogP) is 9.60. The highest BCUT2D eigenvalue weighted by Crippen LogP contribution is 2.13. The molecule has 0 radical (unpaired) electrons. The van der Waals surface area contributed by atoms with Crippen molar-refractivity contribution in [2.45, 2.75) is 180 Å². The van der Waals surface area contributed by atoms with Gasteiger partial charge in [-0.3, -0.25) is 14.5 Å². The second kappa shape index (κ2) is 34.8. The molecule has 0 saturated carbocycles. The van der Waals surface area contributed by atoms with Gasteiger partial charge in [-0.05, 0) is 96.4 Å². The number of unbranched alkanes of at least 4 members (excludes halogenated alkanes) is 15. The Bertz CT molecular complexity index is 895. The molecule has 0 aromatic rings. The van der Waals surface area contributed by atoms with Gasteiger partial charge in [0.25, 0.3) is 0 Å². The molecule has 2 amide bonds. The highest BCUT2D eigenvalue weighted by molar-refractivity contribution is 5.92. The zero-order chi connectivity index (χ0) is 37.0. The topological polar surface area (TPSA) is 93.1 Å². The molecule has 0 bridgehead atoms. The van der Waals surface area contributed by atoms with Crippen LogP contribution < -0.4 is 5.32 Å². The van der Waals surface area contributed by atoms with Crippen LogP contribution in [0.15, 0.2) is 48.6 Å². The molecule has 1 aliphatic heterocycles. The first-order valence-corrected chi connectivity index (χ1v) is 21.2. The lowest BCUT2D eigenvalue weighted by molar-refractivity contribution is -0.140. The molecule has 2 atom stereocenters. The first kappa shape index (κ1) is 46.8.